The Morgan fingerprint density at radius 1 is 0.492 bits per heavy atom. The van der Waals surface area contributed by atoms with Gasteiger partial charge in [0.25, 0.3) is 0 Å². The maximum atomic E-state index is 5.12. The molecule has 5 heteroatoms. The number of anilines is 3. The monoisotopic (exact) mass is 965 g/mol. The van der Waals surface area contributed by atoms with Crippen LogP contribution in [0.1, 0.15) is 26.3 Å². The fraction of sp³-hybridized carbons (Fsp3) is 0.0714. The van der Waals surface area contributed by atoms with Crippen molar-refractivity contribution < 1.29 is 21.1 Å². The summed E-state index contributed by atoms with van der Waals surface area (Å²) in [6.07, 6.45) is 3.83. The van der Waals surface area contributed by atoms with Crippen LogP contribution in [0.4, 0.5) is 17.1 Å². The van der Waals surface area contributed by atoms with Gasteiger partial charge < -0.3 is 19.4 Å². The van der Waals surface area contributed by atoms with Gasteiger partial charge in [-0.1, -0.05) is 142 Å². The Labute approximate surface area is 372 Å². The molecule has 0 spiro atoms. The van der Waals surface area contributed by atoms with Crippen molar-refractivity contribution in [2.24, 2.45) is 0 Å². The van der Waals surface area contributed by atoms with E-state index in [2.05, 4.69) is 230 Å². The van der Waals surface area contributed by atoms with E-state index in [9.17, 15) is 0 Å². The molecule has 0 radical (unpaired) electrons. The van der Waals surface area contributed by atoms with Gasteiger partial charge in [-0.2, -0.15) is 0 Å². The normalized spacial score (nSPS) is 11.4. The summed E-state index contributed by atoms with van der Waals surface area (Å²) in [5.41, 5.74) is 15.4. The van der Waals surface area contributed by atoms with E-state index >= 15 is 0 Å². The first-order chi connectivity index (χ1) is 29.4. The Balaban J connectivity index is 0.00000476. The molecule has 10 rings (SSSR count). The van der Waals surface area contributed by atoms with Crippen LogP contribution in [0, 0.1) is 12.1 Å². The van der Waals surface area contributed by atoms with Crippen LogP contribution in [0.25, 0.3) is 72.3 Å². The summed E-state index contributed by atoms with van der Waals surface area (Å²) in [5.74, 6) is 0. The zero-order valence-corrected chi connectivity index (χ0v) is 36.4. The Kier molecular flexibility index (Phi) is 10.8. The van der Waals surface area contributed by atoms with E-state index in [1.54, 1.807) is 0 Å². The first-order valence-corrected chi connectivity index (χ1v) is 20.4. The summed E-state index contributed by atoms with van der Waals surface area (Å²) < 4.78 is 2.36. The number of nitrogens with zero attached hydrogens (tertiary/aromatic N) is 4. The molecule has 10 aromatic rings. The second-order valence-electron chi connectivity index (χ2n) is 16.2. The predicted octanol–water partition coefficient (Wildman–Crippen LogP) is 14.6. The number of aromatic nitrogens is 3. The van der Waals surface area contributed by atoms with Gasteiger partial charge in [-0.3, -0.25) is 0 Å². The number of hydrogen-bond acceptors (Lipinski definition) is 3. The molecule has 0 aliphatic carbocycles. The number of para-hydroxylation sites is 2. The standard InChI is InChI=1S/C56H42N4.Pt/c1-56(2,3)45-29-31-57-51(38-45)44-33-43(40-19-10-5-11-20-40)35-49(36-44)59(46-22-12-6-13-23-46)48-26-16-21-42(34-48)55-54-50-28-27-41(39-17-8-4-9-18-39)37-53(50)60(52(54)30-32-58-55)47-24-14-7-15-25-47;/h4-33,35,37-38H,1-3H3;/q-2;+2. The van der Waals surface area contributed by atoms with Gasteiger partial charge in [0.05, 0.1) is 5.52 Å². The minimum Gasteiger partial charge on any atom is -0.346 e. The topological polar surface area (TPSA) is 34.0 Å². The van der Waals surface area contributed by atoms with Crippen molar-refractivity contribution in [3.63, 3.8) is 0 Å². The summed E-state index contributed by atoms with van der Waals surface area (Å²) in [5, 5.41) is 2.22. The molecule has 0 aliphatic heterocycles. The minimum absolute atomic E-state index is 0. The Morgan fingerprint density at radius 3 is 1.84 bits per heavy atom. The molecule has 61 heavy (non-hydrogen) atoms. The fourth-order valence-electron chi connectivity index (χ4n) is 8.20. The summed E-state index contributed by atoms with van der Waals surface area (Å²) in [7, 11) is 0. The molecule has 0 fully saturated rings. The van der Waals surface area contributed by atoms with Gasteiger partial charge in [-0.25, -0.2) is 0 Å². The fourth-order valence-corrected chi connectivity index (χ4v) is 8.20. The first kappa shape index (κ1) is 39.6. The minimum atomic E-state index is -0.0302. The summed E-state index contributed by atoms with van der Waals surface area (Å²) in [6, 6.07) is 73.8. The molecule has 296 valence electrons. The number of rotatable bonds is 8. The Bertz CT molecular complexity index is 3120. The van der Waals surface area contributed by atoms with E-state index in [1.807, 2.05) is 12.4 Å². The quantitative estimate of drug-likeness (QED) is 0.142. The SMILES string of the molecule is CC(C)(C)c1ccnc(-c2[c-]c(N(c3[c-]c(-c4nccc5c4c4ccc(-c6ccccc6)cc4n5-c4ccccc4)ccc3)c3ccccc3)cc(-c3ccccc3)c2)c1.[Pt+2]. The van der Waals surface area contributed by atoms with Crippen LogP contribution in [-0.4, -0.2) is 14.5 Å². The maximum Gasteiger partial charge on any atom is 2.00 e. The van der Waals surface area contributed by atoms with Gasteiger partial charge >= 0.3 is 21.1 Å². The van der Waals surface area contributed by atoms with Gasteiger partial charge in [0.15, 0.2) is 0 Å². The summed E-state index contributed by atoms with van der Waals surface area (Å²) >= 11 is 0. The summed E-state index contributed by atoms with van der Waals surface area (Å²) in [6.45, 7) is 6.70. The van der Waals surface area contributed by atoms with Crippen molar-refractivity contribution in [3.05, 3.63) is 218 Å². The van der Waals surface area contributed by atoms with Crippen molar-refractivity contribution in [3.8, 4) is 50.5 Å². The molecule has 3 aromatic heterocycles. The van der Waals surface area contributed by atoms with Crippen molar-refractivity contribution in [1.29, 1.82) is 0 Å². The van der Waals surface area contributed by atoms with Crippen LogP contribution in [0.3, 0.4) is 0 Å². The second kappa shape index (κ2) is 16.6. The smallest absolute Gasteiger partial charge is 0.346 e. The third-order valence-corrected chi connectivity index (χ3v) is 11.2. The molecule has 0 bridgehead atoms. The van der Waals surface area contributed by atoms with Crippen LogP contribution in [0.2, 0.25) is 0 Å². The van der Waals surface area contributed by atoms with Gasteiger partial charge in [0.1, 0.15) is 0 Å². The van der Waals surface area contributed by atoms with Crippen molar-refractivity contribution >= 4 is 38.9 Å². The van der Waals surface area contributed by atoms with Crippen LogP contribution in [0.5, 0.6) is 0 Å². The molecule has 3 heterocycles. The first-order valence-electron chi connectivity index (χ1n) is 20.4. The zero-order valence-electron chi connectivity index (χ0n) is 34.2. The van der Waals surface area contributed by atoms with Crippen LogP contribution in [0.15, 0.2) is 200 Å². The largest absolute Gasteiger partial charge is 2.00 e. The van der Waals surface area contributed by atoms with E-state index in [0.29, 0.717) is 0 Å². The number of benzene rings is 7. The third kappa shape index (κ3) is 7.72. The van der Waals surface area contributed by atoms with Crippen molar-refractivity contribution in [2.75, 3.05) is 4.90 Å². The van der Waals surface area contributed by atoms with E-state index < -0.39 is 0 Å². The summed E-state index contributed by atoms with van der Waals surface area (Å²) in [4.78, 5) is 12.2. The number of pyridine rings is 2. The van der Waals surface area contributed by atoms with Crippen LogP contribution >= 0.6 is 0 Å². The zero-order chi connectivity index (χ0) is 40.6. The predicted molar refractivity (Wildman–Crippen MR) is 249 cm³/mol. The number of hydrogen-bond donors (Lipinski definition) is 0. The van der Waals surface area contributed by atoms with Crippen LogP contribution < -0.4 is 4.90 Å². The maximum absolute atomic E-state index is 5.12. The van der Waals surface area contributed by atoms with Gasteiger partial charge in [-0.05, 0) is 98.3 Å². The Morgan fingerprint density at radius 2 is 1.13 bits per heavy atom. The van der Waals surface area contributed by atoms with E-state index in [-0.39, 0.29) is 26.5 Å². The van der Waals surface area contributed by atoms with E-state index in [0.717, 1.165) is 78.2 Å². The van der Waals surface area contributed by atoms with Crippen molar-refractivity contribution in [1.82, 2.24) is 14.5 Å². The van der Waals surface area contributed by atoms with Gasteiger partial charge in [0.2, 0.25) is 0 Å². The molecule has 0 saturated heterocycles. The molecule has 4 nitrogen and oxygen atoms in total. The van der Waals surface area contributed by atoms with Crippen LogP contribution in [-0.2, 0) is 26.5 Å². The van der Waals surface area contributed by atoms with Gasteiger partial charge in [0, 0.05) is 34.7 Å². The molecule has 0 unspecified atom stereocenters. The molecule has 0 aliphatic rings. The molecular weight excluding hydrogens is 924 g/mol. The average molecular weight is 966 g/mol. The second-order valence-corrected chi connectivity index (χ2v) is 16.2. The van der Waals surface area contributed by atoms with E-state index in [1.165, 1.54) is 16.7 Å². The van der Waals surface area contributed by atoms with Crippen molar-refractivity contribution in [2.45, 2.75) is 26.2 Å². The van der Waals surface area contributed by atoms with E-state index in [4.69, 9.17) is 9.97 Å². The molecule has 0 atom stereocenters. The molecule has 0 saturated carbocycles. The molecule has 7 aromatic carbocycles. The van der Waals surface area contributed by atoms with Gasteiger partial charge in [-0.15, -0.1) is 53.6 Å². The molecule has 0 N–H and O–H groups in total. The number of fused-ring (bicyclic) bond motifs is 3. The third-order valence-electron chi connectivity index (χ3n) is 11.2. The molecule has 0 amide bonds. The molecular formula is C56H42N4Pt. The average Bonchev–Trinajstić information content (AvgIpc) is 3.64. The Hall–Kier alpha value is -6.87.